The number of ether oxygens (including phenoxy) is 3. The Hall–Kier alpha value is -1.62. The van der Waals surface area contributed by atoms with E-state index in [1.807, 2.05) is 25.7 Å². The van der Waals surface area contributed by atoms with E-state index in [4.69, 9.17) is 19.9 Å². The molecule has 9 heteroatoms. The van der Waals surface area contributed by atoms with Crippen molar-refractivity contribution in [3.05, 3.63) is 24.3 Å². The number of hydrogen-bond acceptors (Lipinski definition) is 9. The number of carbonyl (C=O) groups excluding carboxylic acids is 2. The summed E-state index contributed by atoms with van der Waals surface area (Å²) in [5, 5.41) is 23.9. The van der Waals surface area contributed by atoms with E-state index in [-0.39, 0.29) is 12.5 Å². The summed E-state index contributed by atoms with van der Waals surface area (Å²) >= 11 is 0. The summed E-state index contributed by atoms with van der Waals surface area (Å²) < 4.78 is 18.2. The number of nitrogens with two attached hydrogens (primary N) is 1. The van der Waals surface area contributed by atoms with Crippen LogP contribution in [-0.2, 0) is 23.8 Å². The Morgan fingerprint density at radius 1 is 1.32 bits per heavy atom. The number of morpholine rings is 1. The van der Waals surface area contributed by atoms with Gasteiger partial charge in [0.1, 0.15) is 5.60 Å². The van der Waals surface area contributed by atoms with Gasteiger partial charge in [-0.15, -0.1) is 6.58 Å². The van der Waals surface area contributed by atoms with Crippen molar-refractivity contribution in [3.8, 4) is 0 Å². The molecule has 2 heterocycles. The van der Waals surface area contributed by atoms with E-state index in [0.29, 0.717) is 38.1 Å². The number of rotatable bonds is 4. The maximum absolute atomic E-state index is 14.0. The van der Waals surface area contributed by atoms with Gasteiger partial charge in [0.2, 0.25) is 0 Å². The Labute approximate surface area is 220 Å². The molecule has 9 nitrogen and oxygen atoms in total. The van der Waals surface area contributed by atoms with Crippen LogP contribution in [0.15, 0.2) is 24.3 Å². The van der Waals surface area contributed by atoms with Gasteiger partial charge in [0, 0.05) is 19.5 Å². The molecule has 0 aromatic rings. The molecule has 0 aromatic heterocycles. The molecule has 4 aliphatic rings. The lowest BCUT2D eigenvalue weighted by molar-refractivity contribution is -0.306. The Bertz CT molecular complexity index is 1020. The van der Waals surface area contributed by atoms with Crippen molar-refractivity contribution < 1.29 is 34.0 Å². The second kappa shape index (κ2) is 8.69. The number of aliphatic hydroxyl groups is 2. The van der Waals surface area contributed by atoms with Gasteiger partial charge in [0.15, 0.2) is 23.2 Å². The van der Waals surface area contributed by atoms with E-state index in [0.717, 1.165) is 0 Å². The number of esters is 1. The van der Waals surface area contributed by atoms with E-state index in [1.54, 1.807) is 33.8 Å². The molecule has 0 spiro atoms. The van der Waals surface area contributed by atoms with Gasteiger partial charge in [-0.05, 0) is 59.0 Å². The van der Waals surface area contributed by atoms with Crippen LogP contribution >= 0.6 is 0 Å². The second-order valence-corrected chi connectivity index (χ2v) is 12.9. The lowest BCUT2D eigenvalue weighted by atomic mass is 9.44. The molecule has 3 fully saturated rings. The average Bonchev–Trinajstić information content (AvgIpc) is 2.81. The van der Waals surface area contributed by atoms with Crippen molar-refractivity contribution in [2.45, 2.75) is 109 Å². The molecule has 2 aliphatic carbocycles. The SMILES string of the molecule is C=C[C@@]1(C)CC(=O)[C@@]2(O)[C@](C)(O1)[C@@H](OC(=O)C(C)(N)N1CCOC(C)C1)C=C1C(C)(C)CC[C@H](O)[C@@]12C. The monoisotopic (exact) mass is 520 g/mol. The Morgan fingerprint density at radius 3 is 2.57 bits per heavy atom. The highest BCUT2D eigenvalue weighted by atomic mass is 16.6. The molecule has 2 saturated heterocycles. The van der Waals surface area contributed by atoms with Gasteiger partial charge in [-0.3, -0.25) is 9.69 Å². The molecule has 0 radical (unpaired) electrons. The standard InChI is InChI=1S/C28H44N2O7/c1-9-24(5)15-20(32)28(34)25(6)18(23(3,4)11-10-19(25)31)14-21(26(28,7)37-24)36-22(33)27(8,29)30-12-13-35-17(2)16-30/h9,14,17,19,21,31,34H,1,10-13,15-16,29H2,2-8H3/t17?,19-,21-,24-,25+,26+,27?,28-/m0/s1. The number of fused-ring (bicyclic) bond motifs is 3. The number of ketones is 1. The van der Waals surface area contributed by atoms with E-state index in [1.165, 1.54) is 6.08 Å². The Kier molecular flexibility index (Phi) is 6.67. The minimum Gasteiger partial charge on any atom is -0.453 e. The normalized spacial score (nSPS) is 45.6. The Balaban J connectivity index is 1.85. The Morgan fingerprint density at radius 2 is 1.97 bits per heavy atom. The molecule has 1 saturated carbocycles. The van der Waals surface area contributed by atoms with Gasteiger partial charge < -0.3 is 30.2 Å². The van der Waals surface area contributed by atoms with Crippen molar-refractivity contribution in [2.75, 3.05) is 19.7 Å². The summed E-state index contributed by atoms with van der Waals surface area (Å²) in [5.41, 5.74) is -1.08. The van der Waals surface area contributed by atoms with Crippen LogP contribution < -0.4 is 5.73 Å². The van der Waals surface area contributed by atoms with Crippen LogP contribution in [0, 0.1) is 10.8 Å². The van der Waals surface area contributed by atoms with Crippen LogP contribution in [-0.4, -0.2) is 87.3 Å². The summed E-state index contributed by atoms with van der Waals surface area (Å²) in [6.07, 6.45) is 1.98. The number of Topliss-reactive ketones (excluding diaryl/α,β-unsaturated/α-hetero) is 1. The van der Waals surface area contributed by atoms with Gasteiger partial charge in [-0.25, -0.2) is 4.79 Å². The molecule has 4 rings (SSSR count). The zero-order valence-electron chi connectivity index (χ0n) is 23.3. The summed E-state index contributed by atoms with van der Waals surface area (Å²) in [7, 11) is 0. The molecule has 8 atom stereocenters. The van der Waals surface area contributed by atoms with Crippen molar-refractivity contribution in [1.29, 1.82) is 0 Å². The minimum absolute atomic E-state index is 0.0957. The van der Waals surface area contributed by atoms with E-state index in [2.05, 4.69) is 6.58 Å². The van der Waals surface area contributed by atoms with Crippen LogP contribution in [0.5, 0.6) is 0 Å². The topological polar surface area (TPSA) is 132 Å². The molecule has 4 N–H and O–H groups in total. The largest absolute Gasteiger partial charge is 0.453 e. The first kappa shape index (κ1) is 28.4. The van der Waals surface area contributed by atoms with Crippen molar-refractivity contribution in [3.63, 3.8) is 0 Å². The van der Waals surface area contributed by atoms with Gasteiger partial charge in [-0.1, -0.05) is 25.5 Å². The highest BCUT2D eigenvalue weighted by Gasteiger charge is 2.77. The fraction of sp³-hybridized carbons (Fsp3) is 0.786. The molecule has 208 valence electrons. The van der Waals surface area contributed by atoms with E-state index in [9.17, 15) is 19.8 Å². The first-order valence-corrected chi connectivity index (χ1v) is 13.3. The van der Waals surface area contributed by atoms with Crippen LogP contribution in [0.2, 0.25) is 0 Å². The predicted molar refractivity (Wildman–Crippen MR) is 137 cm³/mol. The van der Waals surface area contributed by atoms with Crippen molar-refractivity contribution in [1.82, 2.24) is 4.90 Å². The third-order valence-corrected chi connectivity index (χ3v) is 9.67. The summed E-state index contributed by atoms with van der Waals surface area (Å²) in [6.45, 7) is 17.7. The third-order valence-electron chi connectivity index (χ3n) is 9.67. The number of aliphatic hydroxyl groups excluding tert-OH is 1. The number of hydrogen-bond donors (Lipinski definition) is 3. The quantitative estimate of drug-likeness (QED) is 0.375. The lowest BCUT2D eigenvalue weighted by Gasteiger charge is -2.66. The molecule has 37 heavy (non-hydrogen) atoms. The summed E-state index contributed by atoms with van der Waals surface area (Å²) in [4.78, 5) is 29.5. The highest BCUT2D eigenvalue weighted by molar-refractivity contribution is 5.93. The molecule has 2 aliphatic heterocycles. The highest BCUT2D eigenvalue weighted by Crippen LogP contribution is 2.64. The van der Waals surface area contributed by atoms with Crippen LogP contribution in [0.3, 0.4) is 0 Å². The van der Waals surface area contributed by atoms with Gasteiger partial charge in [0.05, 0.1) is 29.8 Å². The zero-order chi connectivity index (χ0) is 27.8. The summed E-state index contributed by atoms with van der Waals surface area (Å²) in [6, 6.07) is 0. The predicted octanol–water partition coefficient (Wildman–Crippen LogP) is 1.84. The van der Waals surface area contributed by atoms with Gasteiger partial charge in [0.25, 0.3) is 0 Å². The molecule has 2 unspecified atom stereocenters. The first-order chi connectivity index (χ1) is 16.9. The van der Waals surface area contributed by atoms with Crippen molar-refractivity contribution in [2.24, 2.45) is 16.6 Å². The first-order valence-electron chi connectivity index (χ1n) is 13.3. The number of nitrogens with zero attached hydrogens (tertiary/aromatic N) is 1. The van der Waals surface area contributed by atoms with Crippen LogP contribution in [0.25, 0.3) is 0 Å². The van der Waals surface area contributed by atoms with Gasteiger partial charge in [-0.2, -0.15) is 0 Å². The molecule has 0 aromatic carbocycles. The fourth-order valence-electron chi connectivity index (χ4n) is 7.20. The fourth-order valence-corrected chi connectivity index (χ4v) is 7.20. The minimum atomic E-state index is -2.17. The van der Waals surface area contributed by atoms with E-state index < -0.39 is 57.3 Å². The van der Waals surface area contributed by atoms with E-state index >= 15 is 0 Å². The zero-order valence-corrected chi connectivity index (χ0v) is 23.3. The number of carbonyl (C=O) groups is 2. The molecule has 0 amide bonds. The molecule has 0 bridgehead atoms. The second-order valence-electron chi connectivity index (χ2n) is 12.9. The van der Waals surface area contributed by atoms with Crippen LogP contribution in [0.4, 0.5) is 0 Å². The molecular weight excluding hydrogens is 476 g/mol. The van der Waals surface area contributed by atoms with Crippen LogP contribution in [0.1, 0.15) is 67.7 Å². The maximum Gasteiger partial charge on any atom is 0.341 e. The third kappa shape index (κ3) is 3.88. The smallest absolute Gasteiger partial charge is 0.341 e. The molecular formula is C28H44N2O7. The van der Waals surface area contributed by atoms with Crippen molar-refractivity contribution >= 4 is 11.8 Å². The lowest BCUT2D eigenvalue weighted by Crippen LogP contribution is -2.81. The maximum atomic E-state index is 14.0. The average molecular weight is 521 g/mol. The summed E-state index contributed by atoms with van der Waals surface area (Å²) in [5.74, 6) is -1.18. The van der Waals surface area contributed by atoms with Gasteiger partial charge >= 0.3 is 5.97 Å².